The molecule has 0 aromatic heterocycles. The molecule has 1 aliphatic heterocycles. The highest BCUT2D eigenvalue weighted by Crippen LogP contribution is 2.32. The van der Waals surface area contributed by atoms with Gasteiger partial charge in [-0.15, -0.1) is 0 Å². The average molecular weight is 390 g/mol. The number of benzene rings is 2. The average Bonchev–Trinajstić information content (AvgIpc) is 2.55. The number of sulfonamides is 1. The van der Waals surface area contributed by atoms with E-state index in [4.69, 9.17) is 27.9 Å². The third-order valence-corrected chi connectivity index (χ3v) is 6.23. The van der Waals surface area contributed by atoms with E-state index in [-0.39, 0.29) is 24.6 Å². The van der Waals surface area contributed by atoms with E-state index in [0.29, 0.717) is 15.6 Å². The first-order valence-corrected chi connectivity index (χ1v) is 9.40. The van der Waals surface area contributed by atoms with Crippen molar-refractivity contribution in [2.45, 2.75) is 11.0 Å². The lowest BCUT2D eigenvalue weighted by atomic mass is 10.1. The zero-order valence-corrected chi connectivity index (χ0v) is 14.8. The minimum atomic E-state index is -3.72. The molecule has 0 radical (unpaired) electrons. The number of rotatable bonds is 3. The maximum absolute atomic E-state index is 13.0. The molecule has 4 nitrogen and oxygen atoms in total. The summed E-state index contributed by atoms with van der Waals surface area (Å²) in [7, 11) is -3.72. The topological polar surface area (TPSA) is 46.6 Å². The lowest BCUT2D eigenvalue weighted by Crippen LogP contribution is -2.42. The van der Waals surface area contributed by atoms with Gasteiger partial charge in [0.2, 0.25) is 10.0 Å². The molecule has 0 bridgehead atoms. The molecule has 0 saturated carbocycles. The van der Waals surface area contributed by atoms with Gasteiger partial charge >= 0.3 is 0 Å². The first-order valence-electron chi connectivity index (χ1n) is 7.20. The Balaban J connectivity index is 1.86. The molecule has 1 heterocycles. The number of halogens is 3. The molecule has 128 valence electrons. The standard InChI is InChI=1S/C16H14Cl2FNO3S/c17-11-1-6-14(15(18)9-11)16-10-20(7-8-23-16)24(21,22)13-4-2-12(19)3-5-13/h1-6,9,16H,7-8,10H2. The van der Waals surface area contributed by atoms with Crippen molar-refractivity contribution in [1.82, 2.24) is 4.31 Å². The zero-order chi connectivity index (χ0) is 17.3. The second-order valence-corrected chi connectivity index (χ2v) is 8.12. The molecular weight excluding hydrogens is 376 g/mol. The number of nitrogens with zero attached hydrogens (tertiary/aromatic N) is 1. The van der Waals surface area contributed by atoms with Crippen LogP contribution in [0, 0.1) is 5.82 Å². The quantitative estimate of drug-likeness (QED) is 0.799. The largest absolute Gasteiger partial charge is 0.371 e. The van der Waals surface area contributed by atoms with Crippen molar-refractivity contribution >= 4 is 33.2 Å². The van der Waals surface area contributed by atoms with Gasteiger partial charge in [0, 0.05) is 28.7 Å². The highest BCUT2D eigenvalue weighted by Gasteiger charge is 2.32. The molecule has 0 N–H and O–H groups in total. The SMILES string of the molecule is O=S(=O)(c1ccc(F)cc1)N1CCOC(c2ccc(Cl)cc2Cl)C1. The third-order valence-electron chi connectivity index (χ3n) is 3.79. The fourth-order valence-electron chi connectivity index (χ4n) is 2.55. The number of ether oxygens (including phenoxy) is 1. The minimum absolute atomic E-state index is 0.0479. The highest BCUT2D eigenvalue weighted by atomic mass is 35.5. The summed E-state index contributed by atoms with van der Waals surface area (Å²) in [5.74, 6) is -0.484. The number of hydrogen-bond acceptors (Lipinski definition) is 3. The van der Waals surface area contributed by atoms with Crippen LogP contribution in [0.15, 0.2) is 47.4 Å². The van der Waals surface area contributed by atoms with Gasteiger partial charge in [-0.2, -0.15) is 4.31 Å². The van der Waals surface area contributed by atoms with E-state index in [1.165, 1.54) is 16.4 Å². The summed E-state index contributed by atoms with van der Waals surface area (Å²) in [6.07, 6.45) is -0.487. The summed E-state index contributed by atoms with van der Waals surface area (Å²) in [6.45, 7) is 0.590. The summed E-state index contributed by atoms with van der Waals surface area (Å²) < 4.78 is 45.4. The normalized spacial score (nSPS) is 19.4. The van der Waals surface area contributed by atoms with Crippen LogP contribution in [0.2, 0.25) is 10.0 Å². The summed E-state index contributed by atoms with van der Waals surface area (Å²) in [6, 6.07) is 9.76. The molecule has 24 heavy (non-hydrogen) atoms. The Kier molecular flexibility index (Phi) is 5.13. The molecule has 1 atom stereocenters. The Hall–Kier alpha value is -1.18. The van der Waals surface area contributed by atoms with Gasteiger partial charge in [-0.05, 0) is 36.4 Å². The van der Waals surface area contributed by atoms with Crippen LogP contribution in [0.4, 0.5) is 4.39 Å². The predicted octanol–water partition coefficient (Wildman–Crippen LogP) is 3.89. The molecule has 8 heteroatoms. The van der Waals surface area contributed by atoms with Gasteiger partial charge < -0.3 is 4.74 Å². The Bertz CT molecular complexity index is 843. The van der Waals surface area contributed by atoms with Gasteiger partial charge in [-0.3, -0.25) is 0 Å². The molecule has 1 aliphatic rings. The van der Waals surface area contributed by atoms with Crippen LogP contribution in [0.3, 0.4) is 0 Å². The molecule has 1 saturated heterocycles. The van der Waals surface area contributed by atoms with Gasteiger partial charge in [-0.25, -0.2) is 12.8 Å². The first kappa shape index (κ1) is 17.6. The molecule has 1 unspecified atom stereocenters. The summed E-state index contributed by atoms with van der Waals surface area (Å²) in [5.41, 5.74) is 0.681. The predicted molar refractivity (Wildman–Crippen MR) is 90.3 cm³/mol. The lowest BCUT2D eigenvalue weighted by Gasteiger charge is -2.32. The van der Waals surface area contributed by atoms with Crippen LogP contribution in [0.25, 0.3) is 0 Å². The molecule has 2 aromatic carbocycles. The van der Waals surface area contributed by atoms with Gasteiger partial charge in [0.25, 0.3) is 0 Å². The number of hydrogen-bond donors (Lipinski definition) is 0. The second-order valence-electron chi connectivity index (χ2n) is 5.34. The summed E-state index contributed by atoms with van der Waals surface area (Å²) >= 11 is 12.1. The first-order chi connectivity index (χ1) is 11.4. The second kappa shape index (κ2) is 6.98. The Morgan fingerprint density at radius 2 is 1.83 bits per heavy atom. The van der Waals surface area contributed by atoms with E-state index in [9.17, 15) is 12.8 Å². The van der Waals surface area contributed by atoms with E-state index in [2.05, 4.69) is 0 Å². The van der Waals surface area contributed by atoms with E-state index < -0.39 is 21.9 Å². The van der Waals surface area contributed by atoms with Crippen molar-refractivity contribution in [3.05, 3.63) is 63.9 Å². The lowest BCUT2D eigenvalue weighted by molar-refractivity contribution is -0.00249. The van der Waals surface area contributed by atoms with Crippen LogP contribution >= 0.6 is 23.2 Å². The molecule has 0 spiro atoms. The molecule has 2 aromatic rings. The van der Waals surface area contributed by atoms with Gasteiger partial charge in [0.1, 0.15) is 5.82 Å². The summed E-state index contributed by atoms with van der Waals surface area (Å²) in [4.78, 5) is 0.0479. The van der Waals surface area contributed by atoms with Gasteiger partial charge in [-0.1, -0.05) is 29.3 Å². The smallest absolute Gasteiger partial charge is 0.243 e. The third kappa shape index (κ3) is 3.58. The van der Waals surface area contributed by atoms with Crippen LogP contribution in [0.5, 0.6) is 0 Å². The molecular formula is C16H14Cl2FNO3S. The molecule has 0 aliphatic carbocycles. The fraction of sp³-hybridized carbons (Fsp3) is 0.250. The van der Waals surface area contributed by atoms with Crippen molar-refractivity contribution in [3.8, 4) is 0 Å². The van der Waals surface area contributed by atoms with E-state index >= 15 is 0 Å². The Morgan fingerprint density at radius 1 is 1.12 bits per heavy atom. The van der Waals surface area contributed by atoms with Crippen molar-refractivity contribution in [2.75, 3.05) is 19.7 Å². The molecule has 0 amide bonds. The van der Waals surface area contributed by atoms with Crippen LogP contribution in [0.1, 0.15) is 11.7 Å². The van der Waals surface area contributed by atoms with E-state index in [1.807, 2.05) is 0 Å². The van der Waals surface area contributed by atoms with Crippen molar-refractivity contribution in [1.29, 1.82) is 0 Å². The monoisotopic (exact) mass is 389 g/mol. The number of morpholine rings is 1. The maximum Gasteiger partial charge on any atom is 0.243 e. The van der Waals surface area contributed by atoms with Crippen LogP contribution in [-0.2, 0) is 14.8 Å². The van der Waals surface area contributed by atoms with E-state index in [1.54, 1.807) is 18.2 Å². The van der Waals surface area contributed by atoms with Crippen molar-refractivity contribution in [2.24, 2.45) is 0 Å². The van der Waals surface area contributed by atoms with E-state index in [0.717, 1.165) is 12.1 Å². The Labute approximate surface area is 149 Å². The fourth-order valence-corrected chi connectivity index (χ4v) is 4.51. The molecule has 1 fully saturated rings. The summed E-state index contributed by atoms with van der Waals surface area (Å²) in [5, 5.41) is 0.920. The highest BCUT2D eigenvalue weighted by molar-refractivity contribution is 7.89. The molecule has 3 rings (SSSR count). The maximum atomic E-state index is 13.0. The minimum Gasteiger partial charge on any atom is -0.371 e. The van der Waals surface area contributed by atoms with Crippen molar-refractivity contribution in [3.63, 3.8) is 0 Å². The van der Waals surface area contributed by atoms with Crippen molar-refractivity contribution < 1.29 is 17.5 Å². The van der Waals surface area contributed by atoms with Gasteiger partial charge in [0.05, 0.1) is 17.6 Å². The van der Waals surface area contributed by atoms with Gasteiger partial charge in [0.15, 0.2) is 0 Å². The van der Waals surface area contributed by atoms with Crippen LogP contribution in [-0.4, -0.2) is 32.4 Å². The Morgan fingerprint density at radius 3 is 2.50 bits per heavy atom. The van der Waals surface area contributed by atoms with Crippen LogP contribution < -0.4 is 0 Å². The zero-order valence-electron chi connectivity index (χ0n) is 12.5.